The molecule has 0 atom stereocenters. The van der Waals surface area contributed by atoms with Gasteiger partial charge < -0.3 is 20.3 Å². The molecule has 29 heavy (non-hydrogen) atoms. The minimum Gasteiger partial charge on any atom is -0.378 e. The SMILES string of the molecule is Cc1nc(Nc2ccc(C)c(C)c2)cc(Nc2ccccc2N2CCOCC2)n1. The largest absolute Gasteiger partial charge is 0.378 e. The van der Waals surface area contributed by atoms with Gasteiger partial charge in [-0.05, 0) is 56.2 Å². The van der Waals surface area contributed by atoms with Gasteiger partial charge in [-0.1, -0.05) is 18.2 Å². The number of aromatic nitrogens is 2. The Morgan fingerprint density at radius 3 is 2.31 bits per heavy atom. The number of nitrogens with zero attached hydrogens (tertiary/aromatic N) is 3. The van der Waals surface area contributed by atoms with Gasteiger partial charge in [0.25, 0.3) is 0 Å². The van der Waals surface area contributed by atoms with Crippen molar-refractivity contribution in [3.63, 3.8) is 0 Å². The predicted octanol–water partition coefficient (Wildman–Crippen LogP) is 4.73. The first-order valence-corrected chi connectivity index (χ1v) is 9.97. The zero-order valence-electron chi connectivity index (χ0n) is 17.2. The van der Waals surface area contributed by atoms with Gasteiger partial charge in [0.2, 0.25) is 0 Å². The molecule has 0 amide bonds. The Balaban J connectivity index is 1.57. The highest BCUT2D eigenvalue weighted by molar-refractivity contribution is 5.75. The van der Waals surface area contributed by atoms with Crippen LogP contribution in [-0.2, 0) is 4.74 Å². The molecule has 6 nitrogen and oxygen atoms in total. The topological polar surface area (TPSA) is 62.3 Å². The molecule has 4 rings (SSSR count). The molecule has 0 unspecified atom stereocenters. The van der Waals surface area contributed by atoms with Gasteiger partial charge in [-0.15, -0.1) is 0 Å². The molecule has 1 aliphatic heterocycles. The Hall–Kier alpha value is -3.12. The molecule has 1 aromatic heterocycles. The van der Waals surface area contributed by atoms with E-state index in [0.717, 1.165) is 55.0 Å². The summed E-state index contributed by atoms with van der Waals surface area (Å²) in [4.78, 5) is 11.5. The molecule has 0 radical (unpaired) electrons. The van der Waals surface area contributed by atoms with Crippen molar-refractivity contribution in [2.75, 3.05) is 41.8 Å². The summed E-state index contributed by atoms with van der Waals surface area (Å²) < 4.78 is 5.49. The number of aryl methyl sites for hydroxylation is 3. The van der Waals surface area contributed by atoms with Gasteiger partial charge in [0.05, 0.1) is 24.6 Å². The van der Waals surface area contributed by atoms with Crippen LogP contribution in [0.4, 0.5) is 28.7 Å². The fourth-order valence-corrected chi connectivity index (χ4v) is 3.46. The van der Waals surface area contributed by atoms with E-state index in [-0.39, 0.29) is 0 Å². The minimum absolute atomic E-state index is 0.713. The quantitative estimate of drug-likeness (QED) is 0.658. The van der Waals surface area contributed by atoms with Crippen molar-refractivity contribution >= 4 is 28.7 Å². The average Bonchev–Trinajstić information content (AvgIpc) is 2.71. The summed E-state index contributed by atoms with van der Waals surface area (Å²) in [7, 11) is 0. The maximum absolute atomic E-state index is 5.49. The number of hydrogen-bond donors (Lipinski definition) is 2. The first-order chi connectivity index (χ1) is 14.1. The van der Waals surface area contributed by atoms with Gasteiger partial charge in [0.1, 0.15) is 17.5 Å². The molecule has 150 valence electrons. The van der Waals surface area contributed by atoms with Gasteiger partial charge in [0.15, 0.2) is 0 Å². The maximum Gasteiger partial charge on any atom is 0.136 e. The zero-order valence-corrected chi connectivity index (χ0v) is 17.2. The molecule has 2 N–H and O–H groups in total. The van der Waals surface area contributed by atoms with E-state index in [4.69, 9.17) is 4.74 Å². The summed E-state index contributed by atoms with van der Waals surface area (Å²) >= 11 is 0. The molecule has 0 spiro atoms. The lowest BCUT2D eigenvalue weighted by Gasteiger charge is -2.30. The van der Waals surface area contributed by atoms with E-state index in [1.54, 1.807) is 0 Å². The maximum atomic E-state index is 5.49. The summed E-state index contributed by atoms with van der Waals surface area (Å²) in [5.41, 5.74) is 5.74. The zero-order chi connectivity index (χ0) is 20.2. The summed E-state index contributed by atoms with van der Waals surface area (Å²) in [6.45, 7) is 9.42. The first kappa shape index (κ1) is 19.2. The minimum atomic E-state index is 0.713. The van der Waals surface area contributed by atoms with E-state index in [2.05, 4.69) is 75.7 Å². The van der Waals surface area contributed by atoms with E-state index in [1.807, 2.05) is 19.1 Å². The van der Waals surface area contributed by atoms with Gasteiger partial charge in [0, 0.05) is 24.8 Å². The summed E-state index contributed by atoms with van der Waals surface area (Å²) in [6, 6.07) is 16.6. The van der Waals surface area contributed by atoms with Crippen LogP contribution < -0.4 is 15.5 Å². The predicted molar refractivity (Wildman–Crippen MR) is 119 cm³/mol. The highest BCUT2D eigenvalue weighted by Crippen LogP contribution is 2.29. The fraction of sp³-hybridized carbons (Fsp3) is 0.304. The molecule has 2 aromatic carbocycles. The molecular weight excluding hydrogens is 362 g/mol. The lowest BCUT2D eigenvalue weighted by Crippen LogP contribution is -2.36. The second-order valence-electron chi connectivity index (χ2n) is 7.35. The smallest absolute Gasteiger partial charge is 0.136 e. The Bertz CT molecular complexity index is 998. The molecule has 0 saturated carbocycles. The van der Waals surface area contributed by atoms with Crippen molar-refractivity contribution in [2.45, 2.75) is 20.8 Å². The number of rotatable bonds is 5. The lowest BCUT2D eigenvalue weighted by atomic mass is 10.1. The van der Waals surface area contributed by atoms with Crippen LogP contribution >= 0.6 is 0 Å². The number of ether oxygens (including phenoxy) is 1. The normalized spacial score (nSPS) is 14.0. The van der Waals surface area contributed by atoms with Crippen molar-refractivity contribution in [2.24, 2.45) is 0 Å². The number of hydrogen-bond acceptors (Lipinski definition) is 6. The van der Waals surface area contributed by atoms with E-state index in [0.29, 0.717) is 5.82 Å². The standard InChI is InChI=1S/C23H27N5O/c1-16-8-9-19(14-17(16)2)26-22-15-23(25-18(3)24-22)27-20-6-4-5-7-21(20)28-10-12-29-13-11-28/h4-9,14-15H,10-13H2,1-3H3,(H2,24,25,26,27). The van der Waals surface area contributed by atoms with Crippen molar-refractivity contribution < 1.29 is 4.74 Å². The van der Waals surface area contributed by atoms with Gasteiger partial charge in [-0.25, -0.2) is 9.97 Å². The van der Waals surface area contributed by atoms with E-state index < -0.39 is 0 Å². The van der Waals surface area contributed by atoms with Crippen LogP contribution in [0.1, 0.15) is 17.0 Å². The summed E-state index contributed by atoms with van der Waals surface area (Å²) in [5, 5.41) is 6.88. The first-order valence-electron chi connectivity index (χ1n) is 9.97. The number of benzene rings is 2. The lowest BCUT2D eigenvalue weighted by molar-refractivity contribution is 0.123. The van der Waals surface area contributed by atoms with Crippen molar-refractivity contribution in [1.82, 2.24) is 9.97 Å². The van der Waals surface area contributed by atoms with E-state index >= 15 is 0 Å². The van der Waals surface area contributed by atoms with Crippen molar-refractivity contribution in [1.29, 1.82) is 0 Å². The van der Waals surface area contributed by atoms with Crippen LogP contribution in [0.5, 0.6) is 0 Å². The molecule has 0 bridgehead atoms. The highest BCUT2D eigenvalue weighted by atomic mass is 16.5. The Labute approximate surface area is 172 Å². The van der Waals surface area contributed by atoms with Crippen LogP contribution in [-0.4, -0.2) is 36.3 Å². The number of para-hydroxylation sites is 2. The molecule has 6 heteroatoms. The van der Waals surface area contributed by atoms with Crippen molar-refractivity contribution in [3.8, 4) is 0 Å². The Kier molecular flexibility index (Phi) is 5.62. The Morgan fingerprint density at radius 2 is 1.55 bits per heavy atom. The van der Waals surface area contributed by atoms with Crippen LogP contribution in [0.15, 0.2) is 48.5 Å². The molecule has 2 heterocycles. The van der Waals surface area contributed by atoms with Gasteiger partial charge in [-0.2, -0.15) is 0 Å². The molecule has 1 saturated heterocycles. The van der Waals surface area contributed by atoms with Crippen LogP contribution in [0.3, 0.4) is 0 Å². The third kappa shape index (κ3) is 4.66. The third-order valence-corrected chi connectivity index (χ3v) is 5.14. The molecular formula is C23H27N5O. The second-order valence-corrected chi connectivity index (χ2v) is 7.35. The van der Waals surface area contributed by atoms with Gasteiger partial charge in [-0.3, -0.25) is 0 Å². The van der Waals surface area contributed by atoms with Crippen molar-refractivity contribution in [3.05, 3.63) is 65.5 Å². The van der Waals surface area contributed by atoms with E-state index in [9.17, 15) is 0 Å². The Morgan fingerprint density at radius 1 is 0.828 bits per heavy atom. The van der Waals surface area contributed by atoms with Crippen LogP contribution in [0.25, 0.3) is 0 Å². The number of anilines is 5. The molecule has 3 aromatic rings. The average molecular weight is 390 g/mol. The monoisotopic (exact) mass is 389 g/mol. The molecule has 1 aliphatic rings. The fourth-order valence-electron chi connectivity index (χ4n) is 3.46. The molecule has 1 fully saturated rings. The van der Waals surface area contributed by atoms with Gasteiger partial charge >= 0.3 is 0 Å². The third-order valence-electron chi connectivity index (χ3n) is 5.14. The number of morpholine rings is 1. The molecule has 0 aliphatic carbocycles. The second kappa shape index (κ2) is 8.49. The highest BCUT2D eigenvalue weighted by Gasteiger charge is 2.15. The number of nitrogens with one attached hydrogen (secondary N) is 2. The summed E-state index contributed by atoms with van der Waals surface area (Å²) in [6.07, 6.45) is 0. The van der Waals surface area contributed by atoms with Crippen LogP contribution in [0.2, 0.25) is 0 Å². The van der Waals surface area contributed by atoms with Crippen LogP contribution in [0, 0.1) is 20.8 Å². The summed E-state index contributed by atoms with van der Waals surface area (Å²) in [5.74, 6) is 2.25. The van der Waals surface area contributed by atoms with E-state index in [1.165, 1.54) is 11.1 Å².